The molecule has 1 aromatic rings. The standard InChI is InChI=1S/C24H30N2O7/c1-24(25(2)3,22(27)30-5)23(28)33-21-18-15-11-17-16(31-12-32-17)10-13(15)6-8-26-9-7-14(19(18)26)20(21)29-4/h10-11,18-19,21H,6-9,12H2,1-5H3/t18-,19-,21-,24+/m0/s1. The van der Waals surface area contributed by atoms with Crippen LogP contribution in [0.3, 0.4) is 0 Å². The molecule has 0 bridgehead atoms. The van der Waals surface area contributed by atoms with Gasteiger partial charge < -0.3 is 23.7 Å². The number of likely N-dealkylation sites (N-methyl/N-ethyl adjacent to an activating group) is 1. The van der Waals surface area contributed by atoms with Crippen molar-refractivity contribution < 1.29 is 33.3 Å². The Labute approximate surface area is 193 Å². The van der Waals surface area contributed by atoms with E-state index in [4.69, 9.17) is 23.7 Å². The molecule has 9 heteroatoms. The second kappa shape index (κ2) is 7.92. The van der Waals surface area contributed by atoms with E-state index in [1.165, 1.54) is 18.9 Å². The van der Waals surface area contributed by atoms with Crippen LogP contribution in [-0.4, -0.2) is 87.6 Å². The number of fused-ring (bicyclic) bond motifs is 3. The number of esters is 2. The average Bonchev–Trinajstić information content (AvgIpc) is 3.47. The van der Waals surface area contributed by atoms with Gasteiger partial charge in [-0.1, -0.05) is 0 Å². The summed E-state index contributed by atoms with van der Waals surface area (Å²) in [6, 6.07) is 4.14. The molecule has 0 aromatic heterocycles. The minimum Gasteiger partial charge on any atom is -0.497 e. The number of hydrogen-bond donors (Lipinski definition) is 0. The monoisotopic (exact) mass is 458 g/mol. The Morgan fingerprint density at radius 3 is 2.45 bits per heavy atom. The van der Waals surface area contributed by atoms with Crippen LogP contribution < -0.4 is 9.47 Å². The van der Waals surface area contributed by atoms with Gasteiger partial charge in [0.05, 0.1) is 14.2 Å². The summed E-state index contributed by atoms with van der Waals surface area (Å²) >= 11 is 0. The summed E-state index contributed by atoms with van der Waals surface area (Å²) in [4.78, 5) is 30.0. The highest BCUT2D eigenvalue weighted by molar-refractivity contribution is 6.04. The Bertz CT molecular complexity index is 1040. The van der Waals surface area contributed by atoms with Gasteiger partial charge in [-0.25, -0.2) is 9.59 Å². The van der Waals surface area contributed by atoms with E-state index in [9.17, 15) is 9.59 Å². The van der Waals surface area contributed by atoms with Crippen molar-refractivity contribution in [2.24, 2.45) is 0 Å². The zero-order valence-electron chi connectivity index (χ0n) is 19.7. The lowest BCUT2D eigenvalue weighted by Crippen LogP contribution is -2.57. The Morgan fingerprint density at radius 2 is 1.79 bits per heavy atom. The second-order valence-corrected chi connectivity index (χ2v) is 9.29. The molecule has 4 aliphatic rings. The predicted octanol–water partition coefficient (Wildman–Crippen LogP) is 1.45. The molecule has 3 heterocycles. The third-order valence-electron chi connectivity index (χ3n) is 7.65. The zero-order chi connectivity index (χ0) is 23.5. The van der Waals surface area contributed by atoms with Crippen LogP contribution in [0.25, 0.3) is 0 Å². The molecule has 4 atom stereocenters. The third kappa shape index (κ3) is 3.13. The molecule has 1 saturated heterocycles. The molecule has 3 aliphatic heterocycles. The number of rotatable bonds is 5. The van der Waals surface area contributed by atoms with E-state index < -0.39 is 23.6 Å². The second-order valence-electron chi connectivity index (χ2n) is 9.29. The number of methoxy groups -OCH3 is 2. The third-order valence-corrected chi connectivity index (χ3v) is 7.65. The Hall–Kier alpha value is -2.78. The van der Waals surface area contributed by atoms with Crippen LogP contribution in [-0.2, 0) is 30.2 Å². The van der Waals surface area contributed by atoms with Gasteiger partial charge in [-0.2, -0.15) is 0 Å². The van der Waals surface area contributed by atoms with E-state index >= 15 is 0 Å². The van der Waals surface area contributed by atoms with Crippen molar-refractivity contribution in [1.29, 1.82) is 0 Å². The summed E-state index contributed by atoms with van der Waals surface area (Å²) < 4.78 is 28.2. The highest BCUT2D eigenvalue weighted by Gasteiger charge is 2.56. The first-order valence-electron chi connectivity index (χ1n) is 11.2. The summed E-state index contributed by atoms with van der Waals surface area (Å²) in [7, 11) is 6.19. The minimum absolute atomic E-state index is 0.0723. The van der Waals surface area contributed by atoms with E-state index in [0.717, 1.165) is 48.4 Å². The van der Waals surface area contributed by atoms with Gasteiger partial charge in [0.25, 0.3) is 0 Å². The van der Waals surface area contributed by atoms with Gasteiger partial charge in [0.15, 0.2) is 17.6 Å². The summed E-state index contributed by atoms with van der Waals surface area (Å²) in [5, 5.41) is 0. The van der Waals surface area contributed by atoms with Gasteiger partial charge in [0, 0.05) is 25.0 Å². The number of carbonyl (C=O) groups excluding carboxylic acids is 2. The van der Waals surface area contributed by atoms with Gasteiger partial charge in [-0.15, -0.1) is 0 Å². The van der Waals surface area contributed by atoms with Crippen molar-refractivity contribution in [2.75, 3.05) is 48.2 Å². The van der Waals surface area contributed by atoms with Gasteiger partial charge in [-0.3, -0.25) is 9.80 Å². The maximum absolute atomic E-state index is 13.5. The van der Waals surface area contributed by atoms with Crippen LogP contribution in [0.2, 0.25) is 0 Å². The molecular weight excluding hydrogens is 428 g/mol. The number of carbonyl (C=O) groups is 2. The van der Waals surface area contributed by atoms with Crippen molar-refractivity contribution in [2.45, 2.75) is 43.4 Å². The fourth-order valence-corrected chi connectivity index (χ4v) is 5.62. The summed E-state index contributed by atoms with van der Waals surface area (Å²) in [5.41, 5.74) is 1.80. The van der Waals surface area contributed by atoms with E-state index in [1.807, 2.05) is 12.1 Å². The lowest BCUT2D eigenvalue weighted by Gasteiger charge is -2.34. The van der Waals surface area contributed by atoms with E-state index in [1.54, 1.807) is 21.2 Å². The Morgan fingerprint density at radius 1 is 1.09 bits per heavy atom. The molecule has 0 unspecified atom stereocenters. The SMILES string of the molecule is COC(=O)[C@](C)(C(=O)O[C@@H]1C(OC)=C2CCN3CCc4cc5c(cc4[C@H]1[C@H]23)OCO5)N(C)C. The molecule has 0 radical (unpaired) electrons. The van der Waals surface area contributed by atoms with Crippen LogP contribution >= 0.6 is 0 Å². The van der Waals surface area contributed by atoms with E-state index in [0.29, 0.717) is 11.5 Å². The molecule has 1 aliphatic carbocycles. The molecule has 0 amide bonds. The number of nitrogens with zero attached hydrogens (tertiary/aromatic N) is 2. The topological polar surface area (TPSA) is 86.8 Å². The number of hydrogen-bond acceptors (Lipinski definition) is 9. The average molecular weight is 459 g/mol. The Balaban J connectivity index is 1.58. The quantitative estimate of drug-likeness (QED) is 0.481. The number of benzene rings is 1. The number of ether oxygens (including phenoxy) is 5. The van der Waals surface area contributed by atoms with Crippen LogP contribution in [0.1, 0.15) is 30.4 Å². The Kier molecular flexibility index (Phi) is 5.29. The lowest BCUT2D eigenvalue weighted by molar-refractivity contribution is -0.174. The van der Waals surface area contributed by atoms with E-state index in [-0.39, 0.29) is 18.8 Å². The molecular formula is C24H30N2O7. The summed E-state index contributed by atoms with van der Waals surface area (Å²) in [6.45, 7) is 3.54. The van der Waals surface area contributed by atoms with Crippen molar-refractivity contribution in [3.63, 3.8) is 0 Å². The minimum atomic E-state index is -1.59. The maximum atomic E-state index is 13.5. The first-order chi connectivity index (χ1) is 15.8. The molecule has 1 aromatic carbocycles. The molecule has 178 valence electrons. The largest absolute Gasteiger partial charge is 0.497 e. The normalized spacial score (nSPS) is 27.0. The lowest BCUT2D eigenvalue weighted by atomic mass is 9.86. The van der Waals surface area contributed by atoms with Crippen molar-refractivity contribution in [3.8, 4) is 11.5 Å². The first-order valence-corrected chi connectivity index (χ1v) is 11.2. The van der Waals surface area contributed by atoms with Gasteiger partial charge >= 0.3 is 11.9 Å². The highest BCUT2D eigenvalue weighted by Crippen LogP contribution is 2.52. The molecule has 0 saturated carbocycles. The predicted molar refractivity (Wildman–Crippen MR) is 117 cm³/mol. The van der Waals surface area contributed by atoms with Crippen LogP contribution in [0.5, 0.6) is 11.5 Å². The van der Waals surface area contributed by atoms with Crippen LogP contribution in [0.4, 0.5) is 0 Å². The smallest absolute Gasteiger partial charge is 0.338 e. The highest BCUT2D eigenvalue weighted by atomic mass is 16.7. The van der Waals surface area contributed by atoms with Crippen molar-refractivity contribution in [3.05, 3.63) is 34.6 Å². The van der Waals surface area contributed by atoms with Crippen LogP contribution in [0.15, 0.2) is 23.5 Å². The van der Waals surface area contributed by atoms with Gasteiger partial charge in [0.2, 0.25) is 12.3 Å². The summed E-state index contributed by atoms with van der Waals surface area (Å²) in [5.74, 6) is 0.611. The summed E-state index contributed by atoms with van der Waals surface area (Å²) in [6.07, 6.45) is 1.07. The molecule has 0 N–H and O–H groups in total. The van der Waals surface area contributed by atoms with Crippen molar-refractivity contribution in [1.82, 2.24) is 9.80 Å². The maximum Gasteiger partial charge on any atom is 0.338 e. The van der Waals surface area contributed by atoms with Crippen molar-refractivity contribution >= 4 is 11.9 Å². The molecule has 0 spiro atoms. The van der Waals surface area contributed by atoms with E-state index in [2.05, 4.69) is 4.90 Å². The van der Waals surface area contributed by atoms with Gasteiger partial charge in [-0.05, 0) is 62.7 Å². The fraction of sp³-hybridized carbons (Fsp3) is 0.583. The van der Waals surface area contributed by atoms with Gasteiger partial charge in [0.1, 0.15) is 5.76 Å². The van der Waals surface area contributed by atoms with Crippen LogP contribution in [0, 0.1) is 0 Å². The zero-order valence-corrected chi connectivity index (χ0v) is 19.7. The molecule has 9 nitrogen and oxygen atoms in total. The first kappa shape index (κ1) is 22.0. The molecule has 33 heavy (non-hydrogen) atoms. The molecule has 5 rings (SSSR count). The molecule has 1 fully saturated rings. The fourth-order valence-electron chi connectivity index (χ4n) is 5.62.